The summed E-state index contributed by atoms with van der Waals surface area (Å²) in [6.45, 7) is 6.18. The van der Waals surface area contributed by atoms with Crippen molar-refractivity contribution in [1.29, 1.82) is 0 Å². The van der Waals surface area contributed by atoms with E-state index in [0.29, 0.717) is 30.5 Å². The van der Waals surface area contributed by atoms with E-state index >= 15 is 0 Å². The Hall–Kier alpha value is -7.20. The van der Waals surface area contributed by atoms with Crippen LogP contribution >= 0.6 is 7.82 Å². The van der Waals surface area contributed by atoms with E-state index in [1.54, 1.807) is 56.3 Å². The highest BCUT2D eigenvalue weighted by atomic mass is 31.2. The van der Waals surface area contributed by atoms with Gasteiger partial charge in [-0.25, -0.2) is 18.9 Å². The van der Waals surface area contributed by atoms with Crippen LogP contribution in [0.3, 0.4) is 0 Å². The minimum atomic E-state index is -5.10. The average molecular weight is 1230 g/mol. The molecule has 0 unspecified atom stereocenters. The number of primary amides is 1. The van der Waals surface area contributed by atoms with Crippen LogP contribution in [0.2, 0.25) is 0 Å². The number of allylic oxidation sites excluding steroid dienone is 4. The molecule has 0 radical (unpaired) electrons. The van der Waals surface area contributed by atoms with E-state index in [-0.39, 0.29) is 122 Å². The van der Waals surface area contributed by atoms with Crippen molar-refractivity contribution in [1.82, 2.24) is 20.0 Å². The number of carbonyl (C=O) groups is 9. The third kappa shape index (κ3) is 30.2. The average Bonchev–Trinajstić information content (AvgIpc) is 3.91. The van der Waals surface area contributed by atoms with Gasteiger partial charge in [0.2, 0.25) is 17.7 Å². The number of nitrogens with two attached hydrogens (primary N) is 1. The largest absolute Gasteiger partial charge is 0.469 e. The highest BCUT2D eigenvalue weighted by Gasteiger charge is 2.37. The fourth-order valence-corrected chi connectivity index (χ4v) is 8.59. The van der Waals surface area contributed by atoms with Crippen LogP contribution in [0, 0.1) is 11.8 Å². The van der Waals surface area contributed by atoms with Gasteiger partial charge in [-0.15, -0.1) is 0 Å². The van der Waals surface area contributed by atoms with Crippen molar-refractivity contribution in [3.8, 4) is 0 Å². The molecule has 6 atom stereocenters. The molecule has 0 fully saturated rings. The quantitative estimate of drug-likeness (QED) is 0.00938. The number of cyclic esters (lactones) is 1. The molecule has 2 heterocycles. The molecule has 28 heteroatoms. The van der Waals surface area contributed by atoms with Gasteiger partial charge in [0.25, 0.3) is 11.8 Å². The number of carbonyl (C=O) groups excluding carboxylic acids is 9. The zero-order valence-electron chi connectivity index (χ0n) is 49.2. The third-order valence-corrected chi connectivity index (χ3v) is 13.5. The van der Waals surface area contributed by atoms with Gasteiger partial charge in [-0.3, -0.25) is 38.2 Å². The number of rotatable bonds is 41. The van der Waals surface area contributed by atoms with Crippen molar-refractivity contribution in [3.05, 3.63) is 103 Å². The molecule has 8 N–H and O–H groups in total. The summed E-state index contributed by atoms with van der Waals surface area (Å²) in [5.74, 6) is -4.06. The molecule has 0 aromatic heterocycles. The lowest BCUT2D eigenvalue weighted by Crippen LogP contribution is -2.47. The van der Waals surface area contributed by atoms with E-state index in [1.165, 1.54) is 85.5 Å². The van der Waals surface area contributed by atoms with Gasteiger partial charge in [0, 0.05) is 89.1 Å². The van der Waals surface area contributed by atoms with E-state index < -0.39 is 86.0 Å². The molecule has 2 aliphatic rings. The molecule has 0 saturated carbocycles. The minimum absolute atomic E-state index is 0.0519. The summed E-state index contributed by atoms with van der Waals surface area (Å²) in [5, 5.41) is 27.1. The first-order valence-corrected chi connectivity index (χ1v) is 29.5. The van der Waals surface area contributed by atoms with Crippen LogP contribution in [0.15, 0.2) is 97.2 Å². The van der Waals surface area contributed by atoms with E-state index in [9.17, 15) is 67.7 Å². The zero-order chi connectivity index (χ0) is 63.7. The first kappa shape index (κ1) is 73.1. The molecule has 476 valence electrons. The molecular weight excluding hydrogens is 1150 g/mol. The van der Waals surface area contributed by atoms with Crippen molar-refractivity contribution in [2.24, 2.45) is 17.6 Å². The Morgan fingerprint density at radius 2 is 1.45 bits per heavy atom. The summed E-state index contributed by atoms with van der Waals surface area (Å²) in [6, 6.07) is 5.45. The predicted octanol–water partition coefficient (Wildman–Crippen LogP) is 3.47. The van der Waals surface area contributed by atoms with Crippen LogP contribution in [0.4, 0.5) is 15.3 Å². The molecule has 7 amide bonds. The maximum Gasteiger partial charge on any atom is 0.469 e. The van der Waals surface area contributed by atoms with E-state index in [1.807, 2.05) is 0 Å². The summed E-state index contributed by atoms with van der Waals surface area (Å²) in [7, 11) is -2.12. The maximum absolute atomic E-state index is 13.7. The number of phosphoric acid groups is 1. The van der Waals surface area contributed by atoms with Gasteiger partial charge in [-0.05, 0) is 55.5 Å². The van der Waals surface area contributed by atoms with Crippen molar-refractivity contribution < 1.29 is 101 Å². The van der Waals surface area contributed by atoms with Crippen LogP contribution in [-0.4, -0.2) is 198 Å². The van der Waals surface area contributed by atoms with Gasteiger partial charge in [-0.2, -0.15) is 0 Å². The van der Waals surface area contributed by atoms with Gasteiger partial charge in [0.05, 0.1) is 52.3 Å². The highest BCUT2D eigenvalue weighted by molar-refractivity contribution is 7.46. The number of imide groups is 1. The molecule has 1 aromatic carbocycles. The lowest BCUT2D eigenvalue weighted by Gasteiger charge is -2.31. The Morgan fingerprint density at radius 1 is 0.837 bits per heavy atom. The van der Waals surface area contributed by atoms with Crippen molar-refractivity contribution in [2.75, 3.05) is 85.3 Å². The number of benzene rings is 1. The Kier molecular flexibility index (Phi) is 32.9. The molecule has 86 heavy (non-hydrogen) atoms. The second kappa shape index (κ2) is 38.8. The van der Waals surface area contributed by atoms with Crippen LogP contribution in [0.25, 0.3) is 0 Å². The smallest absolute Gasteiger partial charge is 0.455 e. The van der Waals surface area contributed by atoms with E-state index in [2.05, 4.69) is 10.6 Å². The minimum Gasteiger partial charge on any atom is -0.455 e. The van der Waals surface area contributed by atoms with Gasteiger partial charge < -0.3 is 74.6 Å². The van der Waals surface area contributed by atoms with E-state index in [4.69, 9.17) is 38.7 Å². The van der Waals surface area contributed by atoms with Gasteiger partial charge >= 0.3 is 26.0 Å². The second-order valence-electron chi connectivity index (χ2n) is 20.6. The topological polar surface area (TPSA) is 376 Å². The lowest BCUT2D eigenvalue weighted by atomic mass is 9.88. The molecule has 0 spiro atoms. The zero-order valence-corrected chi connectivity index (χ0v) is 50.1. The third-order valence-electron chi connectivity index (χ3n) is 13.0. The molecular formula is C58H83N6O21P. The van der Waals surface area contributed by atoms with Crippen molar-refractivity contribution in [2.45, 2.75) is 109 Å². The molecule has 27 nitrogen and oxygen atoms in total. The van der Waals surface area contributed by atoms with Gasteiger partial charge in [-0.1, -0.05) is 74.9 Å². The Labute approximate surface area is 500 Å². The lowest BCUT2D eigenvalue weighted by molar-refractivity contribution is -0.142. The number of amides is 7. The molecule has 1 aromatic rings. The molecule has 0 bridgehead atoms. The van der Waals surface area contributed by atoms with Gasteiger partial charge in [0.1, 0.15) is 42.8 Å². The number of ether oxygens (including phenoxy) is 6. The van der Waals surface area contributed by atoms with Crippen molar-refractivity contribution >= 4 is 67.0 Å². The Morgan fingerprint density at radius 3 is 2.07 bits per heavy atom. The number of phosphoric ester groups is 1. The molecule has 2 aliphatic heterocycles. The van der Waals surface area contributed by atoms with Crippen LogP contribution in [0.5, 0.6) is 0 Å². The number of ketones is 1. The summed E-state index contributed by atoms with van der Waals surface area (Å²) in [5.41, 5.74) is 4.30. The SMILES string of the molecule is CC(C)[C@H](CC(=O)CCOCCOCCOCCN1C(=O)C=CC1=O)C(=O)N[C@@H](CCCCC(N)=O)C(=O)Nc1ccc(COC(=O)N(C)CCN(C)C(=O)OC\C=C/C=C\C=C/[C@@H](O)C[C@H](OP(=O)(O)O)[C@@](C)(O)/C=C/[C@@H]2CC=CC(=O)O2)cc1. The number of Topliss-reactive ketones (excluding diaryl/α,β-unsaturated/α-hetero) is 1. The number of nitrogens with one attached hydrogen (secondary N) is 2. The number of aliphatic hydroxyl groups excluding tert-OH is 1. The Balaban J connectivity index is 1.37. The Bertz CT molecular complexity index is 2610. The number of anilines is 1. The first-order valence-electron chi connectivity index (χ1n) is 28.0. The van der Waals surface area contributed by atoms with E-state index in [0.717, 1.165) is 4.90 Å². The molecule has 0 aliphatic carbocycles. The summed E-state index contributed by atoms with van der Waals surface area (Å²) < 4.78 is 48.6. The first-order chi connectivity index (χ1) is 40.7. The monoisotopic (exact) mass is 1230 g/mol. The second-order valence-corrected chi connectivity index (χ2v) is 21.8. The number of likely N-dealkylation sites (N-methyl/N-ethyl adjacent to an activating group) is 2. The number of hydrogen-bond acceptors (Lipinski definition) is 19. The van der Waals surface area contributed by atoms with Gasteiger partial charge in [0.15, 0.2) is 0 Å². The number of hydrogen-bond donors (Lipinski definition) is 7. The number of nitrogens with zero attached hydrogens (tertiary/aromatic N) is 3. The number of esters is 1. The normalized spacial score (nSPS) is 16.6. The fraction of sp³-hybridized carbons (Fsp3) is 0.534. The molecule has 0 saturated heterocycles. The van der Waals surface area contributed by atoms with Crippen LogP contribution < -0.4 is 16.4 Å². The van der Waals surface area contributed by atoms with Crippen molar-refractivity contribution in [3.63, 3.8) is 0 Å². The van der Waals surface area contributed by atoms with Crippen LogP contribution in [-0.2, 0) is 77.7 Å². The summed E-state index contributed by atoms with van der Waals surface area (Å²) >= 11 is 0. The standard InChI is InChI=1S/C58H83N6O21P/c1-41(2)47(38-45(66)26-32-79-34-36-81-37-35-80-33-30-64-51(68)23-24-52(64)69)54(71)61-48(16-10-11-17-50(59)67)55(72)60-43-21-19-42(20-22-43)40-83-57(74)63(5)29-28-62(4)56(73)82-31-12-8-6-7-9-14-44(65)39-49(85-86(76,77)78)58(3,75)27-25-46-15-13-18-53(70)84-46/h6-9,12-14,18-25,27,41,44,46-49,65,75H,10-11,15-17,26,28-40H2,1-5H3,(H2,59,67)(H,60,72)(H,61,71)(H2,76,77,78)/b7-6-,12-8-,14-9-,27-25+/t44-,46+,47+,48+,49+,58+/m1/s1. The summed E-state index contributed by atoms with van der Waals surface area (Å²) in [6.07, 6.45) is 12.7. The summed E-state index contributed by atoms with van der Waals surface area (Å²) in [4.78, 5) is 134. The number of aliphatic hydroxyl groups is 2. The molecule has 3 rings (SSSR count). The predicted molar refractivity (Wildman–Crippen MR) is 311 cm³/mol. The fourth-order valence-electron chi connectivity index (χ4n) is 7.96. The maximum atomic E-state index is 13.7. The number of unbranched alkanes of at least 4 members (excludes halogenated alkanes) is 1. The van der Waals surface area contributed by atoms with Crippen LogP contribution in [0.1, 0.15) is 77.7 Å². The highest BCUT2D eigenvalue weighted by Crippen LogP contribution is 2.41.